The molecule has 2 heterocycles. The molecule has 1 unspecified atom stereocenters. The number of thiophene rings is 1. The summed E-state index contributed by atoms with van der Waals surface area (Å²) in [5.74, 6) is 0.300. The second-order valence-corrected chi connectivity index (χ2v) is 11.4. The standard InChI is InChI=1S/C27H26Cl2N4O4S2/c1-5-33-24(15(2)37-20-13-18(28)11-12-19(20)29)31-32-27(33)38-14-21(34)30-25-23(26(35)36-4)22(16(3)39-25)17-9-7-6-8-10-17/h6-13,15H,5,14H2,1-4H3,(H,30,34). The number of hydrogen-bond donors (Lipinski definition) is 1. The predicted octanol–water partition coefficient (Wildman–Crippen LogP) is 7.30. The van der Waals surface area contributed by atoms with Gasteiger partial charge in [-0.3, -0.25) is 4.79 Å². The molecule has 4 aromatic rings. The topological polar surface area (TPSA) is 95.3 Å². The maximum Gasteiger partial charge on any atom is 0.341 e. The first-order chi connectivity index (χ1) is 18.7. The number of anilines is 1. The number of benzene rings is 2. The normalized spacial score (nSPS) is 11.7. The Labute approximate surface area is 244 Å². The SMILES string of the molecule is CCn1c(SCC(=O)Nc2sc(C)c(-c3ccccc3)c2C(=O)OC)nnc1C(C)Oc1cc(Cl)ccc1Cl. The Morgan fingerprint density at radius 1 is 1.15 bits per heavy atom. The Hall–Kier alpha value is -3.05. The number of carbonyl (C=O) groups is 2. The summed E-state index contributed by atoms with van der Waals surface area (Å²) in [5, 5.41) is 13.4. The molecule has 8 nitrogen and oxygen atoms in total. The fourth-order valence-corrected chi connectivity index (χ4v) is 6.20. The number of rotatable bonds is 10. The Balaban J connectivity index is 1.48. The zero-order valence-corrected chi connectivity index (χ0v) is 24.8. The van der Waals surface area contributed by atoms with E-state index in [4.69, 9.17) is 32.7 Å². The van der Waals surface area contributed by atoms with Gasteiger partial charge in [0.1, 0.15) is 16.3 Å². The highest BCUT2D eigenvalue weighted by Crippen LogP contribution is 2.40. The van der Waals surface area contributed by atoms with E-state index in [1.807, 2.05) is 55.7 Å². The number of methoxy groups -OCH3 is 1. The van der Waals surface area contributed by atoms with E-state index in [-0.39, 0.29) is 11.7 Å². The van der Waals surface area contributed by atoms with Crippen LogP contribution in [0.15, 0.2) is 53.7 Å². The highest BCUT2D eigenvalue weighted by atomic mass is 35.5. The molecule has 2 aromatic heterocycles. The van der Waals surface area contributed by atoms with Crippen LogP contribution in [0.1, 0.15) is 41.0 Å². The molecule has 4 rings (SSSR count). The van der Waals surface area contributed by atoms with Crippen LogP contribution in [-0.4, -0.2) is 39.5 Å². The van der Waals surface area contributed by atoms with Crippen molar-refractivity contribution >= 4 is 63.2 Å². The third kappa shape index (κ3) is 6.58. The van der Waals surface area contributed by atoms with Crippen molar-refractivity contribution in [3.8, 4) is 16.9 Å². The molecular weight excluding hydrogens is 579 g/mol. The van der Waals surface area contributed by atoms with E-state index in [0.717, 1.165) is 16.0 Å². The molecule has 0 aliphatic heterocycles. The van der Waals surface area contributed by atoms with Gasteiger partial charge >= 0.3 is 5.97 Å². The quantitative estimate of drug-likeness (QED) is 0.150. The fraction of sp³-hybridized carbons (Fsp3) is 0.259. The molecule has 0 spiro atoms. The molecule has 2 aromatic carbocycles. The number of hydrogen-bond acceptors (Lipinski definition) is 8. The summed E-state index contributed by atoms with van der Waals surface area (Å²) in [6.07, 6.45) is -0.468. The molecule has 0 radical (unpaired) electrons. The Kier molecular flexibility index (Phi) is 9.55. The lowest BCUT2D eigenvalue weighted by atomic mass is 10.0. The van der Waals surface area contributed by atoms with Gasteiger partial charge in [-0.2, -0.15) is 0 Å². The number of nitrogens with one attached hydrogen (secondary N) is 1. The summed E-state index contributed by atoms with van der Waals surface area (Å²) in [4.78, 5) is 26.6. The van der Waals surface area contributed by atoms with Gasteiger partial charge in [-0.25, -0.2) is 4.79 Å². The average Bonchev–Trinajstić information content (AvgIpc) is 3.49. The zero-order valence-electron chi connectivity index (χ0n) is 21.7. The van der Waals surface area contributed by atoms with Crippen molar-refractivity contribution in [2.75, 3.05) is 18.2 Å². The number of halogens is 2. The van der Waals surface area contributed by atoms with Gasteiger partial charge in [0, 0.05) is 28.1 Å². The highest BCUT2D eigenvalue weighted by Gasteiger charge is 2.26. The number of carbonyl (C=O) groups excluding carboxylic acids is 2. The van der Waals surface area contributed by atoms with Crippen LogP contribution in [0.25, 0.3) is 11.1 Å². The van der Waals surface area contributed by atoms with Crippen molar-refractivity contribution in [2.24, 2.45) is 0 Å². The Morgan fingerprint density at radius 3 is 2.59 bits per heavy atom. The summed E-state index contributed by atoms with van der Waals surface area (Å²) in [6.45, 7) is 6.28. The average molecular weight is 606 g/mol. The molecule has 0 aliphatic carbocycles. The molecule has 0 bridgehead atoms. The molecule has 0 aliphatic rings. The predicted molar refractivity (Wildman–Crippen MR) is 156 cm³/mol. The maximum atomic E-state index is 13.0. The molecule has 0 saturated heterocycles. The summed E-state index contributed by atoms with van der Waals surface area (Å²) in [6, 6.07) is 14.5. The lowest BCUT2D eigenvalue weighted by Gasteiger charge is -2.16. The van der Waals surface area contributed by atoms with Crippen molar-refractivity contribution in [3.05, 3.63) is 74.8 Å². The molecule has 1 N–H and O–H groups in total. The van der Waals surface area contributed by atoms with Crippen molar-refractivity contribution in [2.45, 2.75) is 38.6 Å². The summed E-state index contributed by atoms with van der Waals surface area (Å²) in [5.41, 5.74) is 1.97. The van der Waals surface area contributed by atoms with Crippen LogP contribution >= 0.6 is 46.3 Å². The highest BCUT2D eigenvalue weighted by molar-refractivity contribution is 7.99. The molecule has 204 valence electrons. The van der Waals surface area contributed by atoms with Crippen molar-refractivity contribution in [1.29, 1.82) is 0 Å². The van der Waals surface area contributed by atoms with Gasteiger partial charge in [0.05, 0.1) is 17.9 Å². The lowest BCUT2D eigenvalue weighted by Crippen LogP contribution is -2.17. The van der Waals surface area contributed by atoms with Gasteiger partial charge in [-0.1, -0.05) is 65.3 Å². The van der Waals surface area contributed by atoms with Crippen LogP contribution in [0.5, 0.6) is 5.75 Å². The van der Waals surface area contributed by atoms with Crippen LogP contribution in [0.3, 0.4) is 0 Å². The molecular formula is C27H26Cl2N4O4S2. The number of aryl methyl sites for hydroxylation is 1. The van der Waals surface area contributed by atoms with Crippen LogP contribution < -0.4 is 10.1 Å². The van der Waals surface area contributed by atoms with Gasteiger partial charge in [-0.15, -0.1) is 21.5 Å². The van der Waals surface area contributed by atoms with Gasteiger partial charge in [0.2, 0.25) is 5.91 Å². The summed E-state index contributed by atoms with van der Waals surface area (Å²) >= 11 is 14.9. The van der Waals surface area contributed by atoms with E-state index in [1.165, 1.54) is 30.2 Å². The van der Waals surface area contributed by atoms with E-state index < -0.39 is 12.1 Å². The second-order valence-electron chi connectivity index (χ2n) is 8.35. The molecule has 0 fully saturated rings. The van der Waals surface area contributed by atoms with Crippen molar-refractivity contribution < 1.29 is 19.1 Å². The number of nitrogens with zero attached hydrogens (tertiary/aromatic N) is 3. The summed E-state index contributed by atoms with van der Waals surface area (Å²) < 4.78 is 12.9. The first-order valence-corrected chi connectivity index (χ1v) is 14.5. The van der Waals surface area contributed by atoms with Gasteiger partial charge in [0.25, 0.3) is 0 Å². The maximum absolute atomic E-state index is 13.0. The lowest BCUT2D eigenvalue weighted by molar-refractivity contribution is -0.113. The van der Waals surface area contributed by atoms with Crippen molar-refractivity contribution in [1.82, 2.24) is 14.8 Å². The van der Waals surface area contributed by atoms with Crippen LogP contribution in [0, 0.1) is 6.92 Å². The Morgan fingerprint density at radius 2 is 1.90 bits per heavy atom. The minimum atomic E-state index is -0.509. The van der Waals surface area contributed by atoms with E-state index in [9.17, 15) is 9.59 Å². The Bertz CT molecular complexity index is 1490. The molecule has 39 heavy (non-hydrogen) atoms. The minimum Gasteiger partial charge on any atom is -0.481 e. The van der Waals surface area contributed by atoms with Gasteiger partial charge in [-0.05, 0) is 38.5 Å². The third-order valence-electron chi connectivity index (χ3n) is 5.74. The number of aromatic nitrogens is 3. The fourth-order valence-electron chi connectivity index (χ4n) is 3.99. The second kappa shape index (κ2) is 12.9. The first kappa shape index (κ1) is 28.9. The van der Waals surface area contributed by atoms with E-state index in [0.29, 0.717) is 43.9 Å². The smallest absolute Gasteiger partial charge is 0.341 e. The van der Waals surface area contributed by atoms with Crippen LogP contribution in [0.4, 0.5) is 5.00 Å². The van der Waals surface area contributed by atoms with Crippen LogP contribution in [-0.2, 0) is 16.1 Å². The molecule has 0 saturated carbocycles. The first-order valence-electron chi connectivity index (χ1n) is 12.0. The zero-order chi connectivity index (χ0) is 28.1. The molecule has 1 amide bonds. The van der Waals surface area contributed by atoms with Crippen molar-refractivity contribution in [3.63, 3.8) is 0 Å². The number of amides is 1. The third-order valence-corrected chi connectivity index (χ3v) is 8.28. The number of thioether (sulfide) groups is 1. The summed E-state index contributed by atoms with van der Waals surface area (Å²) in [7, 11) is 1.33. The van der Waals surface area contributed by atoms with E-state index in [2.05, 4.69) is 15.5 Å². The van der Waals surface area contributed by atoms with Gasteiger partial charge in [0.15, 0.2) is 17.1 Å². The monoisotopic (exact) mass is 604 g/mol. The molecule has 1 atom stereocenters. The van der Waals surface area contributed by atoms with E-state index in [1.54, 1.807) is 18.2 Å². The van der Waals surface area contributed by atoms with Gasteiger partial charge < -0.3 is 19.4 Å². The number of ether oxygens (including phenoxy) is 2. The number of esters is 1. The van der Waals surface area contributed by atoms with Crippen LogP contribution in [0.2, 0.25) is 10.0 Å². The largest absolute Gasteiger partial charge is 0.481 e. The minimum absolute atomic E-state index is 0.0612. The van der Waals surface area contributed by atoms with E-state index >= 15 is 0 Å². The molecule has 12 heteroatoms.